The quantitative estimate of drug-likeness (QED) is 0.738. The molecule has 0 heterocycles. The number of ether oxygens (including phenoxy) is 1. The van der Waals surface area contributed by atoms with Crippen molar-refractivity contribution < 1.29 is 14.6 Å². The van der Waals surface area contributed by atoms with Crippen molar-refractivity contribution in [3.05, 3.63) is 35.4 Å². The van der Waals surface area contributed by atoms with Gasteiger partial charge in [-0.2, -0.15) is 0 Å². The molecule has 1 aliphatic rings. The Morgan fingerprint density at radius 2 is 2.00 bits per heavy atom. The number of carbonyl (C=O) groups is 1. The molecule has 0 bridgehead atoms. The van der Waals surface area contributed by atoms with E-state index in [4.69, 9.17) is 4.74 Å². The van der Waals surface area contributed by atoms with Gasteiger partial charge in [0.05, 0.1) is 12.1 Å². The van der Waals surface area contributed by atoms with Crippen molar-refractivity contribution in [1.82, 2.24) is 10.6 Å². The van der Waals surface area contributed by atoms with Crippen molar-refractivity contribution in [3.8, 4) is 0 Å². The number of aliphatic hydroxyl groups excluding tert-OH is 1. The smallest absolute Gasteiger partial charge is 0.407 e. The third-order valence-electron chi connectivity index (χ3n) is 4.26. The van der Waals surface area contributed by atoms with Gasteiger partial charge in [0.25, 0.3) is 0 Å². The largest absolute Gasteiger partial charge is 0.444 e. The van der Waals surface area contributed by atoms with E-state index >= 15 is 0 Å². The predicted octanol–water partition coefficient (Wildman–Crippen LogP) is 3.17. The maximum absolute atomic E-state index is 12.1. The SMILES string of the molecule is CC(C)C[C@@H](CN[C@@H]1c2ccccc2C[C@@H]1O)NC(=O)OC(C)(C)C. The molecule has 0 aromatic heterocycles. The molecule has 1 aromatic rings. The lowest BCUT2D eigenvalue weighted by atomic mass is 10.0. The normalized spacial score (nSPS) is 21.1. The fourth-order valence-corrected chi connectivity index (χ4v) is 3.33. The Morgan fingerprint density at radius 1 is 1.32 bits per heavy atom. The molecule has 3 N–H and O–H groups in total. The molecule has 0 spiro atoms. The van der Waals surface area contributed by atoms with Gasteiger partial charge in [-0.1, -0.05) is 38.1 Å². The second kappa shape index (κ2) is 8.19. The average molecular weight is 348 g/mol. The van der Waals surface area contributed by atoms with Crippen LogP contribution in [0.5, 0.6) is 0 Å². The highest BCUT2D eigenvalue weighted by Crippen LogP contribution is 2.31. The number of fused-ring (bicyclic) bond motifs is 1. The van der Waals surface area contributed by atoms with Crippen LogP contribution in [-0.2, 0) is 11.2 Å². The molecule has 1 aromatic carbocycles. The van der Waals surface area contributed by atoms with E-state index in [1.165, 1.54) is 5.56 Å². The Balaban J connectivity index is 1.97. The van der Waals surface area contributed by atoms with Gasteiger partial charge in [0.15, 0.2) is 0 Å². The Morgan fingerprint density at radius 3 is 2.64 bits per heavy atom. The second-order valence-corrected chi connectivity index (χ2v) is 8.33. The van der Waals surface area contributed by atoms with E-state index in [1.54, 1.807) is 0 Å². The molecule has 1 amide bonds. The number of amides is 1. The van der Waals surface area contributed by atoms with Crippen molar-refractivity contribution in [2.24, 2.45) is 5.92 Å². The number of hydrogen-bond donors (Lipinski definition) is 3. The standard InChI is InChI=1S/C20H32N2O3/c1-13(2)10-15(22-19(24)25-20(3,4)5)12-21-18-16-9-7-6-8-14(16)11-17(18)23/h6-9,13,15,17-18,21,23H,10-12H2,1-5H3,(H,22,24)/t15-,17-,18+/m0/s1. The molecular formula is C20H32N2O3. The van der Waals surface area contributed by atoms with E-state index < -0.39 is 17.8 Å². The number of hydrogen-bond acceptors (Lipinski definition) is 4. The number of nitrogens with one attached hydrogen (secondary N) is 2. The Hall–Kier alpha value is -1.59. The van der Waals surface area contributed by atoms with Gasteiger partial charge < -0.3 is 20.5 Å². The molecule has 0 saturated heterocycles. The van der Waals surface area contributed by atoms with Gasteiger partial charge in [-0.25, -0.2) is 4.79 Å². The van der Waals surface area contributed by atoms with Crippen LogP contribution in [0, 0.1) is 5.92 Å². The lowest BCUT2D eigenvalue weighted by Gasteiger charge is -2.27. The molecule has 2 rings (SSSR count). The van der Waals surface area contributed by atoms with Crippen LogP contribution < -0.4 is 10.6 Å². The molecule has 140 valence electrons. The fourth-order valence-electron chi connectivity index (χ4n) is 3.33. The van der Waals surface area contributed by atoms with E-state index in [2.05, 4.69) is 36.6 Å². The minimum atomic E-state index is -0.513. The summed E-state index contributed by atoms with van der Waals surface area (Å²) >= 11 is 0. The van der Waals surface area contributed by atoms with E-state index in [0.29, 0.717) is 18.9 Å². The summed E-state index contributed by atoms with van der Waals surface area (Å²) in [4.78, 5) is 12.1. The summed E-state index contributed by atoms with van der Waals surface area (Å²) in [7, 11) is 0. The first-order chi connectivity index (χ1) is 11.7. The van der Waals surface area contributed by atoms with E-state index in [9.17, 15) is 9.90 Å². The van der Waals surface area contributed by atoms with Crippen molar-refractivity contribution in [1.29, 1.82) is 0 Å². The summed E-state index contributed by atoms with van der Waals surface area (Å²) in [5.74, 6) is 0.447. The maximum atomic E-state index is 12.1. The Labute approximate surface area is 151 Å². The topological polar surface area (TPSA) is 70.6 Å². The van der Waals surface area contributed by atoms with Crippen LogP contribution in [0.2, 0.25) is 0 Å². The van der Waals surface area contributed by atoms with Crippen LogP contribution in [0.3, 0.4) is 0 Å². The first-order valence-electron chi connectivity index (χ1n) is 9.14. The van der Waals surface area contributed by atoms with Crippen LogP contribution in [0.4, 0.5) is 4.79 Å². The first kappa shape index (κ1) is 19.7. The highest BCUT2D eigenvalue weighted by atomic mass is 16.6. The molecule has 0 aliphatic heterocycles. The van der Waals surface area contributed by atoms with Gasteiger partial charge in [-0.15, -0.1) is 0 Å². The van der Waals surface area contributed by atoms with E-state index in [1.807, 2.05) is 32.9 Å². The van der Waals surface area contributed by atoms with Gasteiger partial charge in [0, 0.05) is 19.0 Å². The molecule has 25 heavy (non-hydrogen) atoms. The van der Waals surface area contributed by atoms with Gasteiger partial charge in [-0.3, -0.25) is 0 Å². The zero-order valence-corrected chi connectivity index (χ0v) is 16.0. The minimum absolute atomic E-state index is 0.0465. The number of alkyl carbamates (subject to hydrolysis) is 1. The molecule has 1 aliphatic carbocycles. The summed E-state index contributed by atoms with van der Waals surface area (Å²) in [6.07, 6.45) is 0.685. The molecule has 0 fully saturated rings. The number of carbonyl (C=O) groups excluding carboxylic acids is 1. The van der Waals surface area contributed by atoms with E-state index in [-0.39, 0.29) is 12.1 Å². The summed E-state index contributed by atoms with van der Waals surface area (Å²) in [6.45, 7) is 10.4. The molecule has 5 nitrogen and oxygen atoms in total. The van der Waals surface area contributed by atoms with Gasteiger partial charge in [0.1, 0.15) is 5.60 Å². The molecule has 5 heteroatoms. The summed E-state index contributed by atoms with van der Waals surface area (Å²) in [5.41, 5.74) is 1.82. The van der Waals surface area contributed by atoms with Crippen molar-refractivity contribution in [3.63, 3.8) is 0 Å². The maximum Gasteiger partial charge on any atom is 0.407 e. The number of rotatable bonds is 6. The second-order valence-electron chi connectivity index (χ2n) is 8.33. The molecular weight excluding hydrogens is 316 g/mol. The highest BCUT2D eigenvalue weighted by molar-refractivity contribution is 5.68. The van der Waals surface area contributed by atoms with Crippen molar-refractivity contribution >= 4 is 6.09 Å². The Kier molecular flexibility index (Phi) is 6.47. The fraction of sp³-hybridized carbons (Fsp3) is 0.650. The lowest BCUT2D eigenvalue weighted by Crippen LogP contribution is -2.46. The van der Waals surface area contributed by atoms with Crippen LogP contribution in [0.15, 0.2) is 24.3 Å². The summed E-state index contributed by atoms with van der Waals surface area (Å²) in [5, 5.41) is 16.8. The Bertz CT molecular complexity index is 581. The third-order valence-corrected chi connectivity index (χ3v) is 4.26. The van der Waals surface area contributed by atoms with Crippen LogP contribution >= 0.6 is 0 Å². The zero-order valence-electron chi connectivity index (χ0n) is 16.0. The highest BCUT2D eigenvalue weighted by Gasteiger charge is 2.31. The predicted molar refractivity (Wildman–Crippen MR) is 99.5 cm³/mol. The third kappa shape index (κ3) is 6.01. The van der Waals surface area contributed by atoms with Gasteiger partial charge >= 0.3 is 6.09 Å². The minimum Gasteiger partial charge on any atom is -0.444 e. The summed E-state index contributed by atoms with van der Waals surface area (Å²) < 4.78 is 5.37. The number of benzene rings is 1. The molecule has 0 saturated carbocycles. The number of aliphatic hydroxyl groups is 1. The molecule has 0 radical (unpaired) electrons. The van der Waals surface area contributed by atoms with Crippen LogP contribution in [0.1, 0.15) is 58.2 Å². The molecule has 0 unspecified atom stereocenters. The molecule has 3 atom stereocenters. The van der Waals surface area contributed by atoms with Crippen LogP contribution in [0.25, 0.3) is 0 Å². The van der Waals surface area contributed by atoms with Crippen LogP contribution in [-0.4, -0.2) is 35.5 Å². The van der Waals surface area contributed by atoms with Crippen molar-refractivity contribution in [2.45, 2.75) is 71.2 Å². The lowest BCUT2D eigenvalue weighted by molar-refractivity contribution is 0.0495. The average Bonchev–Trinajstić information content (AvgIpc) is 2.77. The first-order valence-corrected chi connectivity index (χ1v) is 9.14. The van der Waals surface area contributed by atoms with Gasteiger partial charge in [0.2, 0.25) is 0 Å². The summed E-state index contributed by atoms with van der Waals surface area (Å²) in [6, 6.07) is 7.98. The van der Waals surface area contributed by atoms with Gasteiger partial charge in [-0.05, 0) is 44.2 Å². The van der Waals surface area contributed by atoms with Crippen molar-refractivity contribution in [2.75, 3.05) is 6.54 Å². The zero-order chi connectivity index (χ0) is 18.6. The monoisotopic (exact) mass is 348 g/mol. The van der Waals surface area contributed by atoms with E-state index in [0.717, 1.165) is 12.0 Å².